The molecule has 6 nitrogen and oxygen atoms in total. The average Bonchev–Trinajstić information content (AvgIpc) is 2.83. The Labute approximate surface area is 106 Å². The Balaban J connectivity index is 2.16. The van der Waals surface area contributed by atoms with E-state index < -0.39 is 18.2 Å². The lowest BCUT2D eigenvalue weighted by Crippen LogP contribution is -2.36. The van der Waals surface area contributed by atoms with Gasteiger partial charge in [0.25, 0.3) is 0 Å². The summed E-state index contributed by atoms with van der Waals surface area (Å²) in [5.74, 6) is -1.28. The van der Waals surface area contributed by atoms with Gasteiger partial charge in [-0.15, -0.1) is 0 Å². The molecule has 18 heavy (non-hydrogen) atoms. The van der Waals surface area contributed by atoms with Crippen molar-refractivity contribution in [3.63, 3.8) is 0 Å². The summed E-state index contributed by atoms with van der Waals surface area (Å²) >= 11 is 0. The molecule has 0 aromatic heterocycles. The van der Waals surface area contributed by atoms with Gasteiger partial charge in [0, 0.05) is 6.54 Å². The third-order valence-corrected chi connectivity index (χ3v) is 3.07. The summed E-state index contributed by atoms with van der Waals surface area (Å²) in [4.78, 5) is 22.3. The number of hydrogen-bond acceptors (Lipinski definition) is 4. The first-order valence-electron chi connectivity index (χ1n) is 6.38. The van der Waals surface area contributed by atoms with Crippen LogP contribution < -0.4 is 5.32 Å². The minimum atomic E-state index is -1.02. The average molecular weight is 259 g/mol. The molecule has 0 aromatic carbocycles. The molecule has 0 radical (unpaired) electrons. The number of carbonyl (C=O) groups is 2. The van der Waals surface area contributed by atoms with Crippen molar-refractivity contribution in [3.05, 3.63) is 0 Å². The number of amides is 1. The minimum absolute atomic E-state index is 0.260. The second-order valence-electron chi connectivity index (χ2n) is 4.52. The van der Waals surface area contributed by atoms with Crippen molar-refractivity contribution >= 4 is 11.9 Å². The van der Waals surface area contributed by atoms with Crippen LogP contribution in [0.3, 0.4) is 0 Å². The molecule has 1 heterocycles. The number of carboxylic acids is 1. The molecule has 0 aliphatic carbocycles. The van der Waals surface area contributed by atoms with Crippen LogP contribution in [0.1, 0.15) is 39.0 Å². The Morgan fingerprint density at radius 2 is 2.06 bits per heavy atom. The second kappa shape index (κ2) is 7.33. The van der Waals surface area contributed by atoms with E-state index >= 15 is 0 Å². The smallest absolute Gasteiger partial charge is 0.332 e. The first kappa shape index (κ1) is 14.9. The maximum absolute atomic E-state index is 11.6. The van der Waals surface area contributed by atoms with Gasteiger partial charge in [-0.25, -0.2) is 4.79 Å². The molecular weight excluding hydrogens is 238 g/mol. The molecule has 0 saturated carbocycles. The molecule has 1 unspecified atom stereocenters. The number of carboxylic acid groups (broad SMARTS) is 1. The normalized spacial score (nSPS) is 24.8. The van der Waals surface area contributed by atoms with E-state index in [0.717, 1.165) is 0 Å². The van der Waals surface area contributed by atoms with Crippen molar-refractivity contribution in [1.82, 2.24) is 5.32 Å². The van der Waals surface area contributed by atoms with Gasteiger partial charge in [0.05, 0.1) is 6.10 Å². The van der Waals surface area contributed by atoms with Crippen LogP contribution in [0.5, 0.6) is 0 Å². The van der Waals surface area contributed by atoms with Crippen LogP contribution in [0.4, 0.5) is 0 Å². The molecule has 3 atom stereocenters. The largest absolute Gasteiger partial charge is 0.479 e. The van der Waals surface area contributed by atoms with Crippen LogP contribution in [-0.4, -0.2) is 46.9 Å². The van der Waals surface area contributed by atoms with Crippen molar-refractivity contribution in [2.45, 2.75) is 57.3 Å². The monoisotopic (exact) mass is 259 g/mol. The van der Waals surface area contributed by atoms with Crippen molar-refractivity contribution in [3.8, 4) is 0 Å². The van der Waals surface area contributed by atoms with Crippen LogP contribution in [0.15, 0.2) is 0 Å². The summed E-state index contributed by atoms with van der Waals surface area (Å²) in [6.07, 6.45) is 1.06. The highest BCUT2D eigenvalue weighted by atomic mass is 16.5. The fraction of sp³-hybridized carbons (Fsp3) is 0.833. The van der Waals surface area contributed by atoms with Crippen LogP contribution >= 0.6 is 0 Å². The van der Waals surface area contributed by atoms with Crippen molar-refractivity contribution in [1.29, 1.82) is 0 Å². The lowest BCUT2D eigenvalue weighted by Gasteiger charge is -2.12. The SMILES string of the molecule is CCC(O)CCCNC(=O)[C@@H]1CC[C@H](C(=O)O)O1. The number of carbonyl (C=O) groups excluding carboxylic acids is 1. The molecule has 1 aliphatic heterocycles. The molecule has 0 bridgehead atoms. The van der Waals surface area contributed by atoms with Gasteiger partial charge in [-0.05, 0) is 32.1 Å². The van der Waals surface area contributed by atoms with Gasteiger partial charge in [0.1, 0.15) is 6.10 Å². The van der Waals surface area contributed by atoms with Gasteiger partial charge in [-0.2, -0.15) is 0 Å². The topological polar surface area (TPSA) is 95.9 Å². The Morgan fingerprint density at radius 3 is 2.61 bits per heavy atom. The van der Waals surface area contributed by atoms with E-state index in [0.29, 0.717) is 38.6 Å². The molecular formula is C12H21NO5. The molecule has 104 valence electrons. The summed E-state index contributed by atoms with van der Waals surface area (Å²) in [7, 11) is 0. The molecule has 1 aliphatic rings. The predicted octanol–water partition coefficient (Wildman–Crippen LogP) is 0.286. The number of nitrogens with one attached hydrogen (secondary N) is 1. The molecule has 6 heteroatoms. The lowest BCUT2D eigenvalue weighted by molar-refractivity contribution is -0.151. The first-order chi connectivity index (χ1) is 8.54. The summed E-state index contributed by atoms with van der Waals surface area (Å²) in [6.45, 7) is 2.38. The Bertz CT molecular complexity index is 294. The highest BCUT2D eigenvalue weighted by Crippen LogP contribution is 2.19. The van der Waals surface area contributed by atoms with Crippen LogP contribution in [0.25, 0.3) is 0 Å². The molecule has 0 spiro atoms. The Kier molecular flexibility index (Phi) is 6.07. The van der Waals surface area contributed by atoms with Gasteiger partial charge in [0.2, 0.25) is 5.91 Å². The van der Waals surface area contributed by atoms with E-state index in [1.807, 2.05) is 6.92 Å². The minimum Gasteiger partial charge on any atom is -0.479 e. The van der Waals surface area contributed by atoms with E-state index in [-0.39, 0.29) is 12.0 Å². The standard InChI is InChI=1S/C12H21NO5/c1-2-8(14)4-3-7-13-11(15)9-5-6-10(18-9)12(16)17/h8-10,14H,2-7H2,1H3,(H,13,15)(H,16,17)/t8?,9-,10+/m0/s1. The second-order valence-corrected chi connectivity index (χ2v) is 4.52. The van der Waals surface area contributed by atoms with E-state index in [9.17, 15) is 14.7 Å². The van der Waals surface area contributed by atoms with E-state index in [2.05, 4.69) is 5.32 Å². The van der Waals surface area contributed by atoms with E-state index in [1.165, 1.54) is 0 Å². The van der Waals surface area contributed by atoms with Crippen molar-refractivity contribution in [2.75, 3.05) is 6.54 Å². The van der Waals surface area contributed by atoms with Crippen LogP contribution in [0.2, 0.25) is 0 Å². The highest BCUT2D eigenvalue weighted by Gasteiger charge is 2.34. The van der Waals surface area contributed by atoms with Crippen molar-refractivity contribution < 1.29 is 24.5 Å². The highest BCUT2D eigenvalue weighted by molar-refractivity contribution is 5.82. The Hall–Kier alpha value is -1.14. The zero-order valence-corrected chi connectivity index (χ0v) is 10.6. The summed E-state index contributed by atoms with van der Waals surface area (Å²) in [5, 5.41) is 20.8. The van der Waals surface area contributed by atoms with E-state index in [4.69, 9.17) is 9.84 Å². The number of ether oxygens (including phenoxy) is 1. The van der Waals surface area contributed by atoms with Crippen LogP contribution in [-0.2, 0) is 14.3 Å². The number of rotatable bonds is 7. The fourth-order valence-electron chi connectivity index (χ4n) is 1.88. The van der Waals surface area contributed by atoms with Gasteiger partial charge in [-0.3, -0.25) is 4.79 Å². The number of aliphatic hydroxyl groups excluding tert-OH is 1. The predicted molar refractivity (Wildman–Crippen MR) is 64.1 cm³/mol. The summed E-state index contributed by atoms with van der Waals surface area (Å²) in [6, 6.07) is 0. The molecule has 3 N–H and O–H groups in total. The molecule has 0 aromatic rings. The first-order valence-corrected chi connectivity index (χ1v) is 6.38. The van der Waals surface area contributed by atoms with Crippen LogP contribution in [0, 0.1) is 0 Å². The molecule has 1 saturated heterocycles. The number of aliphatic hydroxyl groups is 1. The lowest BCUT2D eigenvalue weighted by atomic mass is 10.1. The number of hydrogen-bond donors (Lipinski definition) is 3. The Morgan fingerprint density at radius 1 is 1.39 bits per heavy atom. The van der Waals surface area contributed by atoms with Gasteiger partial charge in [0.15, 0.2) is 6.10 Å². The van der Waals surface area contributed by atoms with Crippen molar-refractivity contribution in [2.24, 2.45) is 0 Å². The quantitative estimate of drug-likeness (QED) is 0.571. The molecule has 1 fully saturated rings. The van der Waals surface area contributed by atoms with E-state index in [1.54, 1.807) is 0 Å². The summed E-state index contributed by atoms with van der Waals surface area (Å²) < 4.78 is 5.12. The fourth-order valence-corrected chi connectivity index (χ4v) is 1.88. The summed E-state index contributed by atoms with van der Waals surface area (Å²) in [5.41, 5.74) is 0. The third-order valence-electron chi connectivity index (χ3n) is 3.07. The maximum atomic E-state index is 11.6. The van der Waals surface area contributed by atoms with Gasteiger partial charge < -0.3 is 20.3 Å². The number of aliphatic carboxylic acids is 1. The zero-order valence-electron chi connectivity index (χ0n) is 10.6. The third kappa shape index (κ3) is 4.62. The molecule has 1 amide bonds. The van der Waals surface area contributed by atoms with Gasteiger partial charge >= 0.3 is 5.97 Å². The maximum Gasteiger partial charge on any atom is 0.332 e. The molecule has 1 rings (SSSR count). The van der Waals surface area contributed by atoms with Gasteiger partial charge in [-0.1, -0.05) is 6.92 Å². The zero-order chi connectivity index (χ0) is 13.5.